The van der Waals surface area contributed by atoms with Crippen LogP contribution in [0.5, 0.6) is 5.75 Å². The van der Waals surface area contributed by atoms with Gasteiger partial charge in [-0.15, -0.1) is 0 Å². The summed E-state index contributed by atoms with van der Waals surface area (Å²) in [6.07, 6.45) is 1.84. The fourth-order valence-electron chi connectivity index (χ4n) is 4.95. The maximum absolute atomic E-state index is 11.9. The largest absolute Gasteiger partial charge is 0.497 e. The molecular formula is C23H26N4O3. The number of rotatable bonds is 5. The smallest absolute Gasteiger partial charge is 0.269 e. The molecular weight excluding hydrogens is 380 g/mol. The van der Waals surface area contributed by atoms with Crippen LogP contribution in [0.3, 0.4) is 0 Å². The van der Waals surface area contributed by atoms with Gasteiger partial charge in [0.15, 0.2) is 5.69 Å². The summed E-state index contributed by atoms with van der Waals surface area (Å²) >= 11 is 0. The lowest BCUT2D eigenvalue weighted by Gasteiger charge is -2.48. The van der Waals surface area contributed by atoms with E-state index < -0.39 is 5.91 Å². The minimum absolute atomic E-state index is 0.212. The molecule has 2 atom stereocenters. The Labute approximate surface area is 175 Å². The number of aromatic nitrogens is 2. The summed E-state index contributed by atoms with van der Waals surface area (Å²) in [7, 11) is 1.70. The first-order valence-corrected chi connectivity index (χ1v) is 10.4. The van der Waals surface area contributed by atoms with E-state index in [-0.39, 0.29) is 6.04 Å². The predicted molar refractivity (Wildman–Crippen MR) is 113 cm³/mol. The number of methoxy groups -OCH3 is 1. The van der Waals surface area contributed by atoms with Crippen molar-refractivity contribution < 1.29 is 14.3 Å². The number of para-hydroxylation sites is 1. The molecule has 1 amide bonds. The van der Waals surface area contributed by atoms with Gasteiger partial charge in [0.25, 0.3) is 5.91 Å². The lowest BCUT2D eigenvalue weighted by atomic mass is 9.89. The Morgan fingerprint density at radius 1 is 1.13 bits per heavy atom. The molecule has 0 radical (unpaired) electrons. The van der Waals surface area contributed by atoms with Crippen LogP contribution in [0.15, 0.2) is 48.5 Å². The van der Waals surface area contributed by atoms with Crippen LogP contribution < -0.4 is 10.5 Å². The van der Waals surface area contributed by atoms with Crippen molar-refractivity contribution >= 4 is 16.8 Å². The highest BCUT2D eigenvalue weighted by molar-refractivity contribution is 6.04. The van der Waals surface area contributed by atoms with E-state index in [9.17, 15) is 4.79 Å². The van der Waals surface area contributed by atoms with Crippen molar-refractivity contribution in [2.45, 2.75) is 37.5 Å². The standard InChI is InChI=1S/C23H26N4O3/c1-29-19-6-4-5-15(9-19)12-26-17-10-16(11-18(26)14-30-13-17)27-21-8-3-2-7-20(21)22(25-27)23(24)28/h2-9,16-18H,10-14H2,1H3,(H2,24,28). The molecule has 2 bridgehead atoms. The zero-order valence-corrected chi connectivity index (χ0v) is 17.0. The Bertz CT molecular complexity index is 1070. The molecule has 3 heterocycles. The average Bonchev–Trinajstić information content (AvgIpc) is 3.14. The Kier molecular flexibility index (Phi) is 4.92. The van der Waals surface area contributed by atoms with E-state index >= 15 is 0 Å². The zero-order chi connectivity index (χ0) is 20.7. The summed E-state index contributed by atoms with van der Waals surface area (Å²) in [6.45, 7) is 2.28. The van der Waals surface area contributed by atoms with Crippen LogP contribution in [-0.4, -0.2) is 53.0 Å². The number of carbonyl (C=O) groups is 1. The SMILES string of the molecule is COc1cccc(CN2C3COCC2CC(n2nc(C(N)=O)c4ccccc42)C3)c1. The van der Waals surface area contributed by atoms with Gasteiger partial charge in [-0.25, -0.2) is 0 Å². The number of piperidine rings is 1. The van der Waals surface area contributed by atoms with E-state index in [4.69, 9.17) is 15.2 Å². The molecule has 2 saturated heterocycles. The highest BCUT2D eigenvalue weighted by atomic mass is 16.5. The van der Waals surface area contributed by atoms with E-state index in [1.54, 1.807) is 7.11 Å². The van der Waals surface area contributed by atoms with Crippen molar-refractivity contribution in [3.63, 3.8) is 0 Å². The molecule has 7 nitrogen and oxygen atoms in total. The fraction of sp³-hybridized carbons (Fsp3) is 0.391. The van der Waals surface area contributed by atoms with Crippen LogP contribution in [0.2, 0.25) is 0 Å². The second kappa shape index (κ2) is 7.74. The lowest BCUT2D eigenvalue weighted by molar-refractivity contribution is -0.0902. The molecule has 1 aromatic heterocycles. The van der Waals surface area contributed by atoms with Crippen molar-refractivity contribution in [2.75, 3.05) is 20.3 Å². The molecule has 5 rings (SSSR count). The highest BCUT2D eigenvalue weighted by Crippen LogP contribution is 2.37. The zero-order valence-electron chi connectivity index (χ0n) is 17.0. The number of fused-ring (bicyclic) bond motifs is 3. The summed E-state index contributed by atoms with van der Waals surface area (Å²) in [4.78, 5) is 14.5. The van der Waals surface area contributed by atoms with E-state index in [0.717, 1.165) is 36.0 Å². The van der Waals surface area contributed by atoms with E-state index in [0.29, 0.717) is 31.0 Å². The molecule has 0 spiro atoms. The molecule has 0 saturated carbocycles. The number of nitrogens with two attached hydrogens (primary N) is 1. The van der Waals surface area contributed by atoms with Crippen LogP contribution >= 0.6 is 0 Å². The fourth-order valence-corrected chi connectivity index (χ4v) is 4.95. The number of morpholine rings is 1. The second-order valence-electron chi connectivity index (χ2n) is 8.17. The summed E-state index contributed by atoms with van der Waals surface area (Å²) in [5.74, 6) is 0.398. The molecule has 2 unspecified atom stereocenters. The predicted octanol–water partition coefficient (Wildman–Crippen LogP) is 2.75. The third-order valence-corrected chi connectivity index (χ3v) is 6.34. The van der Waals surface area contributed by atoms with Gasteiger partial charge in [0.05, 0.1) is 31.9 Å². The van der Waals surface area contributed by atoms with Gasteiger partial charge in [-0.3, -0.25) is 14.4 Å². The molecule has 30 heavy (non-hydrogen) atoms. The minimum atomic E-state index is -0.482. The highest BCUT2D eigenvalue weighted by Gasteiger charge is 2.40. The molecule has 2 aliphatic rings. The van der Waals surface area contributed by atoms with E-state index in [2.05, 4.69) is 22.1 Å². The number of nitrogens with zero attached hydrogens (tertiary/aromatic N) is 3. The Hall–Kier alpha value is -2.90. The second-order valence-corrected chi connectivity index (χ2v) is 8.17. The number of ether oxygens (including phenoxy) is 2. The number of hydrogen-bond donors (Lipinski definition) is 1. The maximum Gasteiger partial charge on any atom is 0.269 e. The number of carbonyl (C=O) groups excluding carboxylic acids is 1. The molecule has 0 aliphatic carbocycles. The first kappa shape index (κ1) is 19.1. The molecule has 3 aromatic rings. The number of amides is 1. The minimum Gasteiger partial charge on any atom is -0.497 e. The molecule has 7 heteroatoms. The van der Waals surface area contributed by atoms with Crippen molar-refractivity contribution in [1.82, 2.24) is 14.7 Å². The van der Waals surface area contributed by atoms with Crippen LogP contribution in [0.1, 0.15) is 34.9 Å². The van der Waals surface area contributed by atoms with Gasteiger partial charge in [-0.05, 0) is 36.6 Å². The molecule has 156 valence electrons. The molecule has 2 N–H and O–H groups in total. The van der Waals surface area contributed by atoms with Gasteiger partial charge in [0, 0.05) is 24.0 Å². The quantitative estimate of drug-likeness (QED) is 0.705. The van der Waals surface area contributed by atoms with Gasteiger partial charge >= 0.3 is 0 Å². The summed E-state index contributed by atoms with van der Waals surface area (Å²) in [6, 6.07) is 16.9. The van der Waals surface area contributed by atoms with Crippen molar-refractivity contribution in [3.8, 4) is 5.75 Å². The third kappa shape index (κ3) is 3.34. The molecule has 2 fully saturated rings. The Morgan fingerprint density at radius 2 is 1.90 bits per heavy atom. The maximum atomic E-state index is 11.9. The van der Waals surface area contributed by atoms with Gasteiger partial charge in [0.2, 0.25) is 0 Å². The summed E-state index contributed by atoms with van der Waals surface area (Å²) in [5, 5.41) is 5.46. The lowest BCUT2D eigenvalue weighted by Crippen LogP contribution is -2.56. The van der Waals surface area contributed by atoms with Gasteiger partial charge in [-0.1, -0.05) is 30.3 Å². The Morgan fingerprint density at radius 3 is 2.63 bits per heavy atom. The van der Waals surface area contributed by atoms with Gasteiger partial charge < -0.3 is 15.2 Å². The first-order chi connectivity index (χ1) is 14.6. The summed E-state index contributed by atoms with van der Waals surface area (Å²) < 4.78 is 13.3. The van der Waals surface area contributed by atoms with Crippen LogP contribution in [0.25, 0.3) is 10.9 Å². The number of primary amides is 1. The van der Waals surface area contributed by atoms with Crippen LogP contribution in [-0.2, 0) is 11.3 Å². The van der Waals surface area contributed by atoms with Crippen LogP contribution in [0, 0.1) is 0 Å². The van der Waals surface area contributed by atoms with Crippen LogP contribution in [0.4, 0.5) is 0 Å². The molecule has 2 aromatic carbocycles. The van der Waals surface area contributed by atoms with Gasteiger partial charge in [-0.2, -0.15) is 5.10 Å². The number of hydrogen-bond acceptors (Lipinski definition) is 5. The average molecular weight is 406 g/mol. The topological polar surface area (TPSA) is 82.6 Å². The van der Waals surface area contributed by atoms with Crippen molar-refractivity contribution in [2.24, 2.45) is 5.73 Å². The Balaban J connectivity index is 1.43. The first-order valence-electron chi connectivity index (χ1n) is 10.4. The molecule has 2 aliphatic heterocycles. The normalized spacial score (nSPS) is 24.1. The number of benzene rings is 2. The van der Waals surface area contributed by atoms with Gasteiger partial charge in [0.1, 0.15) is 5.75 Å². The third-order valence-electron chi connectivity index (χ3n) is 6.34. The van der Waals surface area contributed by atoms with E-state index in [1.807, 2.05) is 41.1 Å². The van der Waals surface area contributed by atoms with Crippen molar-refractivity contribution in [1.29, 1.82) is 0 Å². The van der Waals surface area contributed by atoms with Crippen molar-refractivity contribution in [3.05, 3.63) is 59.8 Å². The summed E-state index contributed by atoms with van der Waals surface area (Å²) in [5.41, 5.74) is 8.16. The van der Waals surface area contributed by atoms with E-state index in [1.165, 1.54) is 5.56 Å². The monoisotopic (exact) mass is 406 g/mol.